The van der Waals surface area contributed by atoms with Gasteiger partial charge in [0.1, 0.15) is 0 Å². The molecule has 144 valence electrons. The number of fused-ring (bicyclic) bond motifs is 2. The lowest BCUT2D eigenvalue weighted by molar-refractivity contribution is -0.384. The predicted molar refractivity (Wildman–Crippen MR) is 97.6 cm³/mol. The van der Waals surface area contributed by atoms with Gasteiger partial charge in [0.15, 0.2) is 0 Å². The summed E-state index contributed by atoms with van der Waals surface area (Å²) in [5.41, 5.74) is 2.25. The Morgan fingerprint density at radius 1 is 1.18 bits per heavy atom. The number of H-pyrrole nitrogens is 1. The molecule has 0 saturated heterocycles. The number of rotatable bonds is 5. The number of aromatic amines is 1. The maximum absolute atomic E-state index is 12.5. The molecule has 0 spiro atoms. The molecule has 4 rings (SSSR count). The predicted octanol–water partition coefficient (Wildman–Crippen LogP) is 1.88. The van der Waals surface area contributed by atoms with Gasteiger partial charge in [-0.1, -0.05) is 0 Å². The highest BCUT2D eigenvalue weighted by Gasteiger charge is 2.36. The molecule has 28 heavy (non-hydrogen) atoms. The van der Waals surface area contributed by atoms with E-state index >= 15 is 0 Å². The number of aromatic nitrogens is 1. The molecular formula is C19H18N4O5. The highest BCUT2D eigenvalue weighted by Crippen LogP contribution is 2.27. The van der Waals surface area contributed by atoms with Crippen LogP contribution in [-0.4, -0.2) is 50.5 Å². The summed E-state index contributed by atoms with van der Waals surface area (Å²) in [5, 5.41) is 10.9. The summed E-state index contributed by atoms with van der Waals surface area (Å²) in [6.45, 7) is 1.31. The molecule has 3 amide bonds. The van der Waals surface area contributed by atoms with Crippen LogP contribution in [0.5, 0.6) is 0 Å². The second-order valence-corrected chi connectivity index (χ2v) is 6.90. The number of nitro groups is 1. The van der Waals surface area contributed by atoms with Crippen molar-refractivity contribution in [1.82, 2.24) is 14.8 Å². The van der Waals surface area contributed by atoms with Crippen LogP contribution in [-0.2, 0) is 17.8 Å². The summed E-state index contributed by atoms with van der Waals surface area (Å²) in [6.07, 6.45) is 3.23. The number of hydrogen-bond donors (Lipinski definition) is 1. The van der Waals surface area contributed by atoms with Crippen molar-refractivity contribution >= 4 is 23.4 Å². The van der Waals surface area contributed by atoms with Gasteiger partial charge in [-0.15, -0.1) is 0 Å². The number of carbonyl (C=O) groups excluding carboxylic acids is 3. The van der Waals surface area contributed by atoms with E-state index in [9.17, 15) is 24.5 Å². The number of amides is 3. The highest BCUT2D eigenvalue weighted by atomic mass is 16.6. The molecule has 2 aliphatic heterocycles. The van der Waals surface area contributed by atoms with E-state index in [2.05, 4.69) is 4.98 Å². The molecule has 1 aromatic carbocycles. The molecule has 1 N–H and O–H groups in total. The van der Waals surface area contributed by atoms with E-state index in [4.69, 9.17) is 0 Å². The van der Waals surface area contributed by atoms with Crippen molar-refractivity contribution < 1.29 is 19.3 Å². The number of nitro benzene ring substituents is 1. The molecule has 0 aliphatic carbocycles. The van der Waals surface area contributed by atoms with Crippen molar-refractivity contribution in [3.05, 3.63) is 63.0 Å². The van der Waals surface area contributed by atoms with Gasteiger partial charge in [-0.05, 0) is 24.1 Å². The number of nitrogens with one attached hydrogen (secondary N) is 1. The van der Waals surface area contributed by atoms with Crippen molar-refractivity contribution in [2.24, 2.45) is 0 Å². The van der Waals surface area contributed by atoms with E-state index in [0.29, 0.717) is 19.5 Å². The second-order valence-electron chi connectivity index (χ2n) is 6.90. The zero-order valence-corrected chi connectivity index (χ0v) is 15.0. The summed E-state index contributed by atoms with van der Waals surface area (Å²) in [5.74, 6) is -1.04. The molecule has 2 aromatic rings. The molecule has 9 nitrogen and oxygen atoms in total. The smallest absolute Gasteiger partial charge is 0.270 e. The van der Waals surface area contributed by atoms with Crippen LogP contribution in [0.15, 0.2) is 30.5 Å². The standard InChI is InChI=1S/C19H18N4O5/c24-17(21-9-6-16-12(11-21)5-7-20-16)2-1-8-22-18(25)14-4-3-13(23(27)28)10-15(14)19(22)26/h3-5,7,10,20H,1-2,6,8-9,11H2. The number of non-ortho nitro benzene ring substituents is 1. The number of hydrogen-bond acceptors (Lipinski definition) is 5. The molecule has 0 saturated carbocycles. The van der Waals surface area contributed by atoms with Crippen LogP contribution in [0.1, 0.15) is 44.8 Å². The van der Waals surface area contributed by atoms with Crippen LogP contribution in [0.3, 0.4) is 0 Å². The maximum atomic E-state index is 12.5. The summed E-state index contributed by atoms with van der Waals surface area (Å²) in [6, 6.07) is 5.61. The molecule has 0 bridgehead atoms. The minimum atomic E-state index is -0.603. The molecule has 9 heteroatoms. The number of benzene rings is 1. The quantitative estimate of drug-likeness (QED) is 0.481. The largest absolute Gasteiger partial charge is 0.365 e. The first-order valence-electron chi connectivity index (χ1n) is 9.03. The van der Waals surface area contributed by atoms with E-state index in [1.807, 2.05) is 12.3 Å². The summed E-state index contributed by atoms with van der Waals surface area (Å²) in [7, 11) is 0. The summed E-state index contributed by atoms with van der Waals surface area (Å²) >= 11 is 0. The van der Waals surface area contributed by atoms with Gasteiger partial charge in [0.05, 0.1) is 16.1 Å². The topological polar surface area (TPSA) is 117 Å². The minimum absolute atomic E-state index is 0.0147. The van der Waals surface area contributed by atoms with E-state index in [-0.39, 0.29) is 35.7 Å². The second kappa shape index (κ2) is 6.91. The maximum Gasteiger partial charge on any atom is 0.270 e. The third-order valence-corrected chi connectivity index (χ3v) is 5.21. The third-order valence-electron chi connectivity index (χ3n) is 5.21. The zero-order valence-electron chi connectivity index (χ0n) is 15.0. The Morgan fingerprint density at radius 2 is 1.96 bits per heavy atom. The van der Waals surface area contributed by atoms with E-state index in [1.54, 1.807) is 4.90 Å². The van der Waals surface area contributed by atoms with Gasteiger partial charge in [0, 0.05) is 56.5 Å². The van der Waals surface area contributed by atoms with Gasteiger partial charge in [0.25, 0.3) is 17.5 Å². The number of carbonyl (C=O) groups is 3. The first-order chi connectivity index (χ1) is 13.5. The molecular weight excluding hydrogens is 364 g/mol. The van der Waals surface area contributed by atoms with E-state index < -0.39 is 16.7 Å². The van der Waals surface area contributed by atoms with Crippen LogP contribution < -0.4 is 0 Å². The average Bonchev–Trinajstić information content (AvgIpc) is 3.25. The molecule has 0 radical (unpaired) electrons. The zero-order chi connectivity index (χ0) is 19.8. The molecule has 0 atom stereocenters. The normalized spacial score (nSPS) is 15.6. The Morgan fingerprint density at radius 3 is 2.75 bits per heavy atom. The summed E-state index contributed by atoms with van der Waals surface area (Å²) < 4.78 is 0. The Bertz CT molecular complexity index is 996. The van der Waals surface area contributed by atoms with Crippen molar-refractivity contribution in [1.29, 1.82) is 0 Å². The Hall–Kier alpha value is -3.49. The average molecular weight is 382 g/mol. The third kappa shape index (κ3) is 3.04. The lowest BCUT2D eigenvalue weighted by Crippen LogP contribution is -2.36. The van der Waals surface area contributed by atoms with Gasteiger partial charge in [-0.2, -0.15) is 0 Å². The van der Waals surface area contributed by atoms with Crippen molar-refractivity contribution in [3.8, 4) is 0 Å². The minimum Gasteiger partial charge on any atom is -0.365 e. The SMILES string of the molecule is O=C(CCCN1C(=O)c2ccc([N+](=O)[O-])cc2C1=O)N1CCc2[nH]ccc2C1. The number of nitrogens with zero attached hydrogens (tertiary/aromatic N) is 3. The molecule has 3 heterocycles. The lowest BCUT2D eigenvalue weighted by atomic mass is 10.1. The Labute approximate surface area is 160 Å². The Balaban J connectivity index is 1.35. The van der Waals surface area contributed by atoms with Gasteiger partial charge in [0.2, 0.25) is 5.91 Å². The van der Waals surface area contributed by atoms with E-state index in [1.165, 1.54) is 12.1 Å². The van der Waals surface area contributed by atoms with Crippen LogP contribution in [0.4, 0.5) is 5.69 Å². The van der Waals surface area contributed by atoms with Crippen LogP contribution in [0.25, 0.3) is 0 Å². The van der Waals surface area contributed by atoms with Gasteiger partial charge in [-0.25, -0.2) is 0 Å². The van der Waals surface area contributed by atoms with Gasteiger partial charge < -0.3 is 9.88 Å². The van der Waals surface area contributed by atoms with Crippen LogP contribution >= 0.6 is 0 Å². The molecule has 0 fully saturated rings. The van der Waals surface area contributed by atoms with Crippen LogP contribution in [0, 0.1) is 10.1 Å². The Kier molecular flexibility index (Phi) is 4.42. The molecule has 2 aliphatic rings. The van der Waals surface area contributed by atoms with Gasteiger partial charge in [-0.3, -0.25) is 29.4 Å². The molecule has 1 aromatic heterocycles. The summed E-state index contributed by atoms with van der Waals surface area (Å²) in [4.78, 5) is 53.6. The van der Waals surface area contributed by atoms with Gasteiger partial charge >= 0.3 is 0 Å². The first-order valence-corrected chi connectivity index (χ1v) is 9.03. The highest BCUT2D eigenvalue weighted by molar-refractivity contribution is 6.21. The van der Waals surface area contributed by atoms with Crippen LogP contribution in [0.2, 0.25) is 0 Å². The fourth-order valence-corrected chi connectivity index (χ4v) is 3.70. The fourth-order valence-electron chi connectivity index (χ4n) is 3.70. The van der Waals surface area contributed by atoms with Crippen molar-refractivity contribution in [2.45, 2.75) is 25.8 Å². The lowest BCUT2D eigenvalue weighted by Gasteiger charge is -2.27. The molecule has 0 unspecified atom stereocenters. The van der Waals surface area contributed by atoms with E-state index in [0.717, 1.165) is 28.6 Å². The van der Waals surface area contributed by atoms with Crippen molar-refractivity contribution in [2.75, 3.05) is 13.1 Å². The monoisotopic (exact) mass is 382 g/mol. The number of imide groups is 1. The first kappa shape index (κ1) is 17.9. The fraction of sp³-hybridized carbons (Fsp3) is 0.316. The van der Waals surface area contributed by atoms with Crippen molar-refractivity contribution in [3.63, 3.8) is 0 Å².